The van der Waals surface area contributed by atoms with E-state index in [0.717, 1.165) is 38.5 Å². The number of quaternary nitrogens is 1. The van der Waals surface area contributed by atoms with Crippen LogP contribution in [0.3, 0.4) is 0 Å². The van der Waals surface area contributed by atoms with Crippen molar-refractivity contribution < 1.29 is 38.2 Å². The number of carboxylic acids is 1. The normalized spacial score (nSPS) is 13.4. The molecule has 0 aliphatic rings. The van der Waals surface area contributed by atoms with Crippen LogP contribution in [-0.4, -0.2) is 80.6 Å². The van der Waals surface area contributed by atoms with Crippen LogP contribution in [0.5, 0.6) is 0 Å². The number of rotatable bonds is 36. The Morgan fingerprint density at radius 1 is 0.588 bits per heavy atom. The van der Waals surface area contributed by atoms with Crippen molar-refractivity contribution in [2.75, 3.05) is 41.0 Å². The second kappa shape index (κ2) is 34.6. The number of esters is 2. The maximum absolute atomic E-state index is 12.7. The summed E-state index contributed by atoms with van der Waals surface area (Å²) >= 11 is 0. The molecule has 0 aromatic heterocycles. The molecule has 0 saturated carbocycles. The molecule has 0 saturated heterocycles. The molecule has 0 rings (SSSR count). The minimum Gasteiger partial charge on any atom is -0.477 e. The molecule has 296 valence electrons. The molecular weight excluding hydrogens is 642 g/mol. The number of ether oxygens (including phenoxy) is 3. The molecular formula is C43H78NO7+. The number of hydrogen-bond acceptors (Lipinski definition) is 6. The van der Waals surface area contributed by atoms with E-state index in [-0.39, 0.29) is 42.7 Å². The third kappa shape index (κ3) is 33.2. The zero-order chi connectivity index (χ0) is 37.8. The largest absolute Gasteiger partial charge is 0.477 e. The van der Waals surface area contributed by atoms with Gasteiger partial charge in [0.15, 0.2) is 12.1 Å². The van der Waals surface area contributed by atoms with E-state index in [0.29, 0.717) is 19.3 Å². The van der Waals surface area contributed by atoms with E-state index in [1.807, 2.05) is 21.1 Å². The fourth-order valence-corrected chi connectivity index (χ4v) is 5.81. The Hall–Kier alpha value is -2.45. The summed E-state index contributed by atoms with van der Waals surface area (Å²) in [6, 6.07) is -0.620. The van der Waals surface area contributed by atoms with Crippen molar-refractivity contribution >= 4 is 17.9 Å². The van der Waals surface area contributed by atoms with Gasteiger partial charge in [-0.25, -0.2) is 4.79 Å². The molecule has 2 atom stereocenters. The van der Waals surface area contributed by atoms with Crippen molar-refractivity contribution in [2.24, 2.45) is 0 Å². The predicted molar refractivity (Wildman–Crippen MR) is 211 cm³/mol. The lowest BCUT2D eigenvalue weighted by Gasteiger charge is -2.31. The molecule has 8 nitrogen and oxygen atoms in total. The molecule has 0 aromatic carbocycles. The van der Waals surface area contributed by atoms with Crippen molar-refractivity contribution in [3.05, 3.63) is 36.5 Å². The van der Waals surface area contributed by atoms with Gasteiger partial charge in [-0.3, -0.25) is 9.59 Å². The molecule has 0 bridgehead atoms. The summed E-state index contributed by atoms with van der Waals surface area (Å²) in [5.74, 6) is -1.54. The molecule has 0 aromatic rings. The zero-order valence-corrected chi connectivity index (χ0v) is 33.6. The number of carboxylic acid groups (broad SMARTS) is 1. The molecule has 1 N–H and O–H groups in total. The zero-order valence-electron chi connectivity index (χ0n) is 33.6. The molecule has 8 heteroatoms. The number of carbonyl (C=O) groups excluding carboxylic acids is 2. The van der Waals surface area contributed by atoms with Crippen LogP contribution in [0.1, 0.15) is 168 Å². The van der Waals surface area contributed by atoms with Gasteiger partial charge in [0.2, 0.25) is 0 Å². The molecule has 0 fully saturated rings. The van der Waals surface area contributed by atoms with E-state index in [1.54, 1.807) is 0 Å². The standard InChI is InChI=1S/C43H77NO7/c1-6-8-10-12-14-16-18-19-20-21-22-23-24-26-28-30-32-34-42(46)51-39(37-49-36-35-40(43(47)48)44(3,4)5)38-50-41(45)33-31-29-27-25-17-15-13-11-9-7-2/h19-20,22-23,26,28,39-40H,6-18,21,24-25,27,29-38H2,1-5H3/p+1/b20-19+,23-22+,28-26+. The van der Waals surface area contributed by atoms with Gasteiger partial charge in [-0.05, 0) is 44.9 Å². The Bertz CT molecular complexity index is 937. The Morgan fingerprint density at radius 2 is 1.06 bits per heavy atom. The van der Waals surface area contributed by atoms with Crippen LogP contribution in [0.25, 0.3) is 0 Å². The fraction of sp³-hybridized carbons (Fsp3) is 0.791. The maximum atomic E-state index is 12.7. The molecule has 0 radical (unpaired) electrons. The highest BCUT2D eigenvalue weighted by Gasteiger charge is 2.31. The molecule has 2 unspecified atom stereocenters. The average molecular weight is 721 g/mol. The van der Waals surface area contributed by atoms with Crippen LogP contribution < -0.4 is 0 Å². The van der Waals surface area contributed by atoms with Gasteiger partial charge in [0.25, 0.3) is 0 Å². The number of hydrogen-bond donors (Lipinski definition) is 1. The van der Waals surface area contributed by atoms with E-state index < -0.39 is 18.1 Å². The highest BCUT2D eigenvalue weighted by molar-refractivity contribution is 5.72. The van der Waals surface area contributed by atoms with Crippen LogP contribution in [0.15, 0.2) is 36.5 Å². The summed E-state index contributed by atoms with van der Waals surface area (Å²) in [5.41, 5.74) is 0. The van der Waals surface area contributed by atoms with Gasteiger partial charge in [-0.15, -0.1) is 0 Å². The third-order valence-corrected chi connectivity index (χ3v) is 9.04. The first-order valence-electron chi connectivity index (χ1n) is 20.5. The second-order valence-electron chi connectivity index (χ2n) is 14.9. The van der Waals surface area contributed by atoms with Crippen molar-refractivity contribution in [2.45, 2.75) is 180 Å². The molecule has 0 amide bonds. The van der Waals surface area contributed by atoms with Gasteiger partial charge in [0.05, 0.1) is 34.4 Å². The van der Waals surface area contributed by atoms with E-state index >= 15 is 0 Å². The number of allylic oxidation sites excluding steroid dienone is 6. The fourth-order valence-electron chi connectivity index (χ4n) is 5.81. The lowest BCUT2D eigenvalue weighted by atomic mass is 10.1. The lowest BCUT2D eigenvalue weighted by molar-refractivity contribution is -0.887. The summed E-state index contributed by atoms with van der Waals surface area (Å²) in [6.45, 7) is 4.65. The highest BCUT2D eigenvalue weighted by Crippen LogP contribution is 2.13. The summed E-state index contributed by atoms with van der Waals surface area (Å²) in [7, 11) is 5.50. The molecule has 0 heterocycles. The Balaban J connectivity index is 4.47. The summed E-state index contributed by atoms with van der Waals surface area (Å²) < 4.78 is 17.2. The van der Waals surface area contributed by atoms with Gasteiger partial charge in [0, 0.05) is 19.3 Å². The van der Waals surface area contributed by atoms with Crippen LogP contribution in [0.2, 0.25) is 0 Å². The first-order chi connectivity index (χ1) is 24.6. The molecule has 0 aliphatic carbocycles. The van der Waals surface area contributed by atoms with E-state index in [9.17, 15) is 19.5 Å². The van der Waals surface area contributed by atoms with E-state index in [4.69, 9.17) is 14.2 Å². The van der Waals surface area contributed by atoms with Crippen molar-refractivity contribution in [1.29, 1.82) is 0 Å². The number of unbranched alkanes of at least 4 members (excludes halogenated alkanes) is 16. The number of nitrogens with zero attached hydrogens (tertiary/aromatic N) is 1. The SMILES string of the molecule is CCCCCCCC/C=C/C/C=C/C/C=C/CCCC(=O)OC(COCCC(C(=O)O)[N+](C)(C)C)COC(=O)CCCCCCCCCCCC. The van der Waals surface area contributed by atoms with Gasteiger partial charge in [-0.1, -0.05) is 140 Å². The van der Waals surface area contributed by atoms with Crippen LogP contribution in [-0.2, 0) is 28.6 Å². The number of carbonyl (C=O) groups is 3. The van der Waals surface area contributed by atoms with Crippen molar-refractivity contribution in [3.8, 4) is 0 Å². The predicted octanol–water partition coefficient (Wildman–Crippen LogP) is 10.7. The number of aliphatic carboxylic acids is 1. The molecule has 0 aliphatic heterocycles. The van der Waals surface area contributed by atoms with E-state index in [1.165, 1.54) is 89.9 Å². The van der Waals surface area contributed by atoms with Gasteiger partial charge < -0.3 is 23.8 Å². The van der Waals surface area contributed by atoms with Gasteiger partial charge in [0.1, 0.15) is 6.61 Å². The van der Waals surface area contributed by atoms with Crippen molar-refractivity contribution in [3.63, 3.8) is 0 Å². The third-order valence-electron chi connectivity index (χ3n) is 9.04. The van der Waals surface area contributed by atoms with Crippen LogP contribution >= 0.6 is 0 Å². The maximum Gasteiger partial charge on any atom is 0.362 e. The minimum atomic E-state index is -0.883. The first kappa shape index (κ1) is 48.5. The molecule has 0 spiro atoms. The average Bonchev–Trinajstić information content (AvgIpc) is 3.08. The highest BCUT2D eigenvalue weighted by atomic mass is 16.6. The monoisotopic (exact) mass is 721 g/mol. The first-order valence-corrected chi connectivity index (χ1v) is 20.5. The van der Waals surface area contributed by atoms with Crippen molar-refractivity contribution in [1.82, 2.24) is 0 Å². The summed E-state index contributed by atoms with van der Waals surface area (Å²) in [6.07, 6.45) is 37.7. The Kier molecular flexibility index (Phi) is 33.0. The van der Waals surface area contributed by atoms with Crippen LogP contribution in [0, 0.1) is 0 Å². The Labute approximate surface area is 313 Å². The lowest BCUT2D eigenvalue weighted by Crippen LogP contribution is -2.50. The Morgan fingerprint density at radius 3 is 1.59 bits per heavy atom. The topological polar surface area (TPSA) is 99.1 Å². The second-order valence-corrected chi connectivity index (χ2v) is 14.9. The quantitative estimate of drug-likeness (QED) is 0.0298. The molecule has 51 heavy (non-hydrogen) atoms. The number of likely N-dealkylation sites (N-methyl/N-ethyl adjacent to an activating group) is 1. The van der Waals surface area contributed by atoms with E-state index in [2.05, 4.69) is 50.3 Å². The summed E-state index contributed by atoms with van der Waals surface area (Å²) in [4.78, 5) is 36.8. The van der Waals surface area contributed by atoms with Gasteiger partial charge >= 0.3 is 17.9 Å². The smallest absolute Gasteiger partial charge is 0.362 e. The minimum absolute atomic E-state index is 0.0429. The van der Waals surface area contributed by atoms with Crippen LogP contribution in [0.4, 0.5) is 0 Å². The summed E-state index contributed by atoms with van der Waals surface area (Å²) in [5, 5.41) is 9.59. The van der Waals surface area contributed by atoms with Gasteiger partial charge in [-0.2, -0.15) is 0 Å².